The molecule has 0 aliphatic carbocycles. The summed E-state index contributed by atoms with van der Waals surface area (Å²) < 4.78 is 48.5. The second-order valence-electron chi connectivity index (χ2n) is 5.70. The number of halogens is 2. The zero-order valence-corrected chi connectivity index (χ0v) is 13.2. The fraction of sp³-hybridized carbons (Fsp3) is 0.615. The second kappa shape index (κ2) is 5.86. The number of amides is 1. The number of thiophene rings is 1. The number of carbonyl (C=O) groups excluding carboxylic acids is 1. The molecular formula is C13H16F2N2O3S2. The lowest BCUT2D eigenvalue weighted by molar-refractivity contribution is 0.0925. The van der Waals surface area contributed by atoms with Gasteiger partial charge in [0, 0.05) is 18.1 Å². The maximum absolute atomic E-state index is 12.7. The molecule has 2 saturated heterocycles. The highest BCUT2D eigenvalue weighted by atomic mass is 32.2. The van der Waals surface area contributed by atoms with Crippen LogP contribution in [0.5, 0.6) is 0 Å². The number of piperidine rings is 1. The topological polar surface area (TPSA) is 75.3 Å². The van der Waals surface area contributed by atoms with Crippen LogP contribution in [-0.2, 0) is 9.84 Å². The van der Waals surface area contributed by atoms with Gasteiger partial charge in [0.05, 0.1) is 4.90 Å². The number of hydrogen-bond donors (Lipinski definition) is 2. The van der Waals surface area contributed by atoms with Crippen LogP contribution in [-0.4, -0.2) is 38.2 Å². The second-order valence-corrected chi connectivity index (χ2v) is 8.50. The summed E-state index contributed by atoms with van der Waals surface area (Å²) >= 11 is 0.868. The van der Waals surface area contributed by atoms with Crippen molar-refractivity contribution >= 4 is 27.1 Å². The number of sulfone groups is 1. The van der Waals surface area contributed by atoms with Crippen molar-refractivity contribution in [3.63, 3.8) is 0 Å². The van der Waals surface area contributed by atoms with Gasteiger partial charge in [0.1, 0.15) is 4.88 Å². The first kappa shape index (κ1) is 15.8. The Hall–Kier alpha value is -1.06. The van der Waals surface area contributed by atoms with E-state index in [1.54, 1.807) is 0 Å². The molecule has 122 valence electrons. The Kier molecular flexibility index (Phi) is 4.21. The van der Waals surface area contributed by atoms with E-state index in [-0.39, 0.29) is 10.9 Å². The van der Waals surface area contributed by atoms with Crippen molar-refractivity contribution in [1.29, 1.82) is 0 Å². The minimum absolute atomic E-state index is 0.0459. The molecule has 1 aromatic rings. The summed E-state index contributed by atoms with van der Waals surface area (Å²) in [6.45, 7) is 0. The number of carbonyl (C=O) groups is 1. The quantitative estimate of drug-likeness (QED) is 0.868. The van der Waals surface area contributed by atoms with Crippen molar-refractivity contribution in [2.24, 2.45) is 0 Å². The minimum Gasteiger partial charge on any atom is -0.348 e. The van der Waals surface area contributed by atoms with Gasteiger partial charge in [0.2, 0.25) is 9.84 Å². The van der Waals surface area contributed by atoms with Crippen LogP contribution in [0.15, 0.2) is 16.3 Å². The molecule has 5 nitrogen and oxygen atoms in total. The number of nitrogens with one attached hydrogen (secondary N) is 2. The molecule has 9 heteroatoms. The largest absolute Gasteiger partial charge is 0.348 e. The predicted octanol–water partition coefficient (Wildman–Crippen LogP) is 1.76. The fourth-order valence-corrected chi connectivity index (χ4v) is 5.28. The van der Waals surface area contributed by atoms with Gasteiger partial charge < -0.3 is 10.6 Å². The van der Waals surface area contributed by atoms with Crippen LogP contribution in [0.3, 0.4) is 0 Å². The van der Waals surface area contributed by atoms with Crippen molar-refractivity contribution < 1.29 is 22.0 Å². The number of rotatable bonds is 4. The zero-order valence-electron chi connectivity index (χ0n) is 11.6. The predicted molar refractivity (Wildman–Crippen MR) is 77.9 cm³/mol. The van der Waals surface area contributed by atoms with E-state index in [0.717, 1.165) is 43.1 Å². The van der Waals surface area contributed by atoms with E-state index in [9.17, 15) is 22.0 Å². The van der Waals surface area contributed by atoms with Gasteiger partial charge in [0.15, 0.2) is 0 Å². The average Bonchev–Trinajstić information content (AvgIpc) is 3.06. The molecule has 0 radical (unpaired) electrons. The van der Waals surface area contributed by atoms with Gasteiger partial charge >= 0.3 is 5.76 Å². The number of hydrogen-bond acceptors (Lipinski definition) is 5. The van der Waals surface area contributed by atoms with Gasteiger partial charge in [-0.15, -0.1) is 11.3 Å². The Morgan fingerprint density at radius 1 is 1.32 bits per heavy atom. The number of fused-ring (bicyclic) bond motifs is 2. The van der Waals surface area contributed by atoms with E-state index in [2.05, 4.69) is 10.6 Å². The van der Waals surface area contributed by atoms with Crippen molar-refractivity contribution in [1.82, 2.24) is 10.6 Å². The molecule has 0 spiro atoms. The van der Waals surface area contributed by atoms with Crippen LogP contribution in [0.4, 0.5) is 8.78 Å². The van der Waals surface area contributed by atoms with E-state index in [1.165, 1.54) is 5.38 Å². The molecule has 3 heterocycles. The summed E-state index contributed by atoms with van der Waals surface area (Å²) in [6.07, 6.45) is 3.71. The normalized spacial score (nSPS) is 28.0. The maximum Gasteiger partial charge on any atom is 0.341 e. The molecule has 2 unspecified atom stereocenters. The van der Waals surface area contributed by atoms with Gasteiger partial charge in [-0.25, -0.2) is 8.42 Å². The monoisotopic (exact) mass is 350 g/mol. The van der Waals surface area contributed by atoms with E-state index in [4.69, 9.17) is 0 Å². The van der Waals surface area contributed by atoms with Crippen LogP contribution < -0.4 is 10.6 Å². The lowest BCUT2D eigenvalue weighted by atomic mass is 10.00. The van der Waals surface area contributed by atoms with Crippen molar-refractivity contribution in [2.45, 2.75) is 54.5 Å². The van der Waals surface area contributed by atoms with E-state index in [0.29, 0.717) is 12.1 Å². The summed E-state index contributed by atoms with van der Waals surface area (Å²) in [4.78, 5) is 11.5. The van der Waals surface area contributed by atoms with Crippen LogP contribution in [0.1, 0.15) is 35.4 Å². The Balaban J connectivity index is 1.75. The fourth-order valence-electron chi connectivity index (χ4n) is 3.21. The first-order chi connectivity index (χ1) is 10.4. The molecule has 0 saturated carbocycles. The average molecular weight is 350 g/mol. The van der Waals surface area contributed by atoms with E-state index >= 15 is 0 Å². The lowest BCUT2D eigenvalue weighted by Crippen LogP contribution is -2.48. The van der Waals surface area contributed by atoms with Gasteiger partial charge in [-0.3, -0.25) is 4.79 Å². The zero-order chi connectivity index (χ0) is 15.9. The van der Waals surface area contributed by atoms with Crippen molar-refractivity contribution in [3.8, 4) is 0 Å². The third-order valence-electron chi connectivity index (χ3n) is 4.18. The molecular weight excluding hydrogens is 334 g/mol. The molecule has 2 N–H and O–H groups in total. The first-order valence-corrected chi connectivity index (χ1v) is 9.47. The number of alkyl halides is 2. The molecule has 1 aromatic heterocycles. The van der Waals surface area contributed by atoms with Gasteiger partial charge in [-0.1, -0.05) is 0 Å². The third kappa shape index (κ3) is 2.89. The van der Waals surface area contributed by atoms with Gasteiger partial charge in [-0.2, -0.15) is 8.78 Å². The van der Waals surface area contributed by atoms with Crippen LogP contribution >= 0.6 is 11.3 Å². The molecule has 0 aromatic carbocycles. The highest BCUT2D eigenvalue weighted by Gasteiger charge is 2.36. The van der Waals surface area contributed by atoms with Crippen molar-refractivity contribution in [2.75, 3.05) is 0 Å². The molecule has 22 heavy (non-hydrogen) atoms. The summed E-state index contributed by atoms with van der Waals surface area (Å²) in [5.74, 6) is -4.11. The Morgan fingerprint density at radius 3 is 2.55 bits per heavy atom. The van der Waals surface area contributed by atoms with E-state index < -0.39 is 26.4 Å². The smallest absolute Gasteiger partial charge is 0.341 e. The summed E-state index contributed by atoms with van der Waals surface area (Å²) in [5.41, 5.74) is 0. The minimum atomic E-state index is -4.76. The molecule has 2 bridgehead atoms. The Labute approximate surface area is 131 Å². The molecule has 2 fully saturated rings. The Morgan fingerprint density at radius 2 is 1.95 bits per heavy atom. The van der Waals surface area contributed by atoms with Gasteiger partial charge in [-0.05, 0) is 37.1 Å². The summed E-state index contributed by atoms with van der Waals surface area (Å²) in [7, 11) is -4.76. The first-order valence-electron chi connectivity index (χ1n) is 7.04. The molecule has 2 aliphatic rings. The lowest BCUT2D eigenvalue weighted by Gasteiger charge is -2.29. The SMILES string of the molecule is O=C(NC1CC2CCC(C1)N2)c1sccc1S(=O)(=O)C(F)F. The standard InChI is InChI=1S/C13H16F2N2O3S2/c14-13(15)22(19,20)10-3-4-21-11(10)12(18)17-9-5-7-1-2-8(6-9)16-7/h3-4,7-9,13,16H,1-2,5-6H2,(H,17,18). The van der Waals surface area contributed by atoms with E-state index in [1.807, 2.05) is 0 Å². The molecule has 2 atom stereocenters. The van der Waals surface area contributed by atoms with Crippen molar-refractivity contribution in [3.05, 3.63) is 16.3 Å². The maximum atomic E-state index is 12.7. The molecule has 3 rings (SSSR count). The summed E-state index contributed by atoms with van der Waals surface area (Å²) in [5, 5.41) is 7.57. The third-order valence-corrected chi connectivity index (χ3v) is 6.65. The van der Waals surface area contributed by atoms with Crippen LogP contribution in [0.25, 0.3) is 0 Å². The molecule has 1 amide bonds. The van der Waals surface area contributed by atoms with Crippen LogP contribution in [0, 0.1) is 0 Å². The summed E-state index contributed by atoms with van der Waals surface area (Å²) in [6, 6.07) is 1.76. The highest BCUT2D eigenvalue weighted by Crippen LogP contribution is 2.29. The van der Waals surface area contributed by atoms with Gasteiger partial charge in [0.25, 0.3) is 5.91 Å². The Bertz CT molecular complexity index is 663. The highest BCUT2D eigenvalue weighted by molar-refractivity contribution is 7.92. The van der Waals surface area contributed by atoms with Crippen LogP contribution in [0.2, 0.25) is 0 Å². The molecule has 2 aliphatic heterocycles.